The Hall–Kier alpha value is -1.25. The number of morpholine rings is 1. The molecule has 0 unspecified atom stereocenters. The molecule has 1 saturated heterocycles. The molecule has 2 N–H and O–H groups in total. The molecule has 1 heterocycles. The van der Waals surface area contributed by atoms with Crippen LogP contribution < -0.4 is 20.1 Å². The molecule has 174 valence electrons. The average molecular weight is 466 g/mol. The number of hydrogen-bond acceptors (Lipinski definition) is 6. The molecule has 1 aromatic rings. The summed E-state index contributed by atoms with van der Waals surface area (Å²) in [6.07, 6.45) is 1.11. The SMILES string of the molecule is COc1cc(CNCCCN2CCOCC2)ccc1OCC(=O)NC(C)(C)C.Cl.Cl. The highest BCUT2D eigenvalue weighted by atomic mass is 35.5. The molecule has 1 aliphatic heterocycles. The van der Waals surface area contributed by atoms with Crippen molar-refractivity contribution >= 4 is 30.7 Å². The van der Waals surface area contributed by atoms with E-state index in [4.69, 9.17) is 14.2 Å². The maximum atomic E-state index is 11.9. The van der Waals surface area contributed by atoms with Crippen LogP contribution in [0.3, 0.4) is 0 Å². The van der Waals surface area contributed by atoms with Gasteiger partial charge in [-0.25, -0.2) is 0 Å². The third-order valence-electron chi connectivity index (χ3n) is 4.36. The van der Waals surface area contributed by atoms with Gasteiger partial charge in [0.15, 0.2) is 18.1 Å². The number of halogens is 2. The standard InChI is InChI=1S/C21H35N3O4.2ClH/c1-21(2,3)23-20(25)16-28-18-7-6-17(14-19(18)26-4)15-22-8-5-9-24-10-12-27-13-11-24;;/h6-7,14,22H,5,8-13,15-16H2,1-4H3,(H,23,25);2*1H. The Morgan fingerprint density at radius 3 is 2.50 bits per heavy atom. The Morgan fingerprint density at radius 2 is 1.87 bits per heavy atom. The summed E-state index contributed by atoms with van der Waals surface area (Å²) in [7, 11) is 1.61. The highest BCUT2D eigenvalue weighted by Gasteiger charge is 2.15. The number of ether oxygens (including phenoxy) is 3. The molecule has 0 saturated carbocycles. The minimum absolute atomic E-state index is 0. The van der Waals surface area contributed by atoms with Crippen molar-refractivity contribution in [3.05, 3.63) is 23.8 Å². The van der Waals surface area contributed by atoms with Crippen LogP contribution in [0.25, 0.3) is 0 Å². The predicted octanol–water partition coefficient (Wildman–Crippen LogP) is 2.64. The molecule has 0 atom stereocenters. The summed E-state index contributed by atoms with van der Waals surface area (Å²) in [5.74, 6) is 1.05. The minimum Gasteiger partial charge on any atom is -0.493 e. The molecule has 9 heteroatoms. The summed E-state index contributed by atoms with van der Waals surface area (Å²) < 4.78 is 16.4. The van der Waals surface area contributed by atoms with Gasteiger partial charge in [0, 0.05) is 25.2 Å². The van der Waals surface area contributed by atoms with Crippen LogP contribution in [-0.4, -0.2) is 69.5 Å². The zero-order chi connectivity index (χ0) is 20.4. The van der Waals surface area contributed by atoms with Crippen LogP contribution in [-0.2, 0) is 16.1 Å². The van der Waals surface area contributed by atoms with Crippen molar-refractivity contribution in [2.24, 2.45) is 0 Å². The number of benzene rings is 1. The fourth-order valence-corrected chi connectivity index (χ4v) is 3.02. The second kappa shape index (κ2) is 14.7. The van der Waals surface area contributed by atoms with Gasteiger partial charge in [-0.15, -0.1) is 24.8 Å². The van der Waals surface area contributed by atoms with E-state index in [9.17, 15) is 4.79 Å². The van der Waals surface area contributed by atoms with Crippen molar-refractivity contribution in [3.8, 4) is 11.5 Å². The van der Waals surface area contributed by atoms with Crippen molar-refractivity contribution in [3.63, 3.8) is 0 Å². The number of methoxy groups -OCH3 is 1. The molecular weight excluding hydrogens is 429 g/mol. The summed E-state index contributed by atoms with van der Waals surface area (Å²) in [5.41, 5.74) is 0.844. The monoisotopic (exact) mass is 465 g/mol. The smallest absolute Gasteiger partial charge is 0.258 e. The maximum Gasteiger partial charge on any atom is 0.258 e. The quantitative estimate of drug-likeness (QED) is 0.517. The zero-order valence-corrected chi connectivity index (χ0v) is 20.1. The van der Waals surface area contributed by atoms with Gasteiger partial charge < -0.3 is 24.8 Å². The molecule has 7 nitrogen and oxygen atoms in total. The maximum absolute atomic E-state index is 11.9. The molecule has 0 aliphatic carbocycles. The minimum atomic E-state index is -0.276. The second-order valence-corrected chi connectivity index (χ2v) is 8.06. The van der Waals surface area contributed by atoms with Crippen LogP contribution in [0.5, 0.6) is 11.5 Å². The summed E-state index contributed by atoms with van der Waals surface area (Å²) in [5, 5.41) is 6.35. The number of amides is 1. The first-order chi connectivity index (χ1) is 13.4. The van der Waals surface area contributed by atoms with Crippen LogP contribution in [0.15, 0.2) is 18.2 Å². The van der Waals surface area contributed by atoms with Crippen molar-refractivity contribution in [1.29, 1.82) is 0 Å². The Kier molecular flexibility index (Phi) is 14.1. The molecule has 0 spiro atoms. The van der Waals surface area contributed by atoms with Crippen molar-refractivity contribution in [2.75, 3.05) is 53.1 Å². The largest absolute Gasteiger partial charge is 0.493 e. The highest BCUT2D eigenvalue weighted by molar-refractivity contribution is 5.85. The molecule has 2 rings (SSSR count). The van der Waals surface area contributed by atoms with E-state index in [1.54, 1.807) is 7.11 Å². The lowest BCUT2D eigenvalue weighted by molar-refractivity contribution is -0.124. The van der Waals surface area contributed by atoms with E-state index in [-0.39, 0.29) is 42.9 Å². The lowest BCUT2D eigenvalue weighted by Crippen LogP contribution is -2.43. The van der Waals surface area contributed by atoms with Gasteiger partial charge in [-0.3, -0.25) is 9.69 Å². The first kappa shape index (κ1) is 28.8. The highest BCUT2D eigenvalue weighted by Crippen LogP contribution is 2.28. The number of carbonyl (C=O) groups is 1. The van der Waals surface area contributed by atoms with Crippen molar-refractivity contribution in [2.45, 2.75) is 39.3 Å². The van der Waals surface area contributed by atoms with Gasteiger partial charge in [0.2, 0.25) is 0 Å². The third kappa shape index (κ3) is 11.2. The van der Waals surface area contributed by atoms with Gasteiger partial charge in [-0.05, 0) is 58.0 Å². The molecule has 1 aromatic carbocycles. The number of nitrogens with zero attached hydrogens (tertiary/aromatic N) is 1. The number of hydrogen-bond donors (Lipinski definition) is 2. The van der Waals surface area contributed by atoms with E-state index >= 15 is 0 Å². The molecule has 0 radical (unpaired) electrons. The topological polar surface area (TPSA) is 72.1 Å². The summed E-state index contributed by atoms with van der Waals surface area (Å²) in [4.78, 5) is 14.4. The lowest BCUT2D eigenvalue weighted by atomic mass is 10.1. The summed E-state index contributed by atoms with van der Waals surface area (Å²) in [6.45, 7) is 12.4. The van der Waals surface area contributed by atoms with Gasteiger partial charge in [0.1, 0.15) is 0 Å². The fraction of sp³-hybridized carbons (Fsp3) is 0.667. The van der Waals surface area contributed by atoms with Gasteiger partial charge in [-0.1, -0.05) is 6.07 Å². The lowest BCUT2D eigenvalue weighted by Gasteiger charge is -2.26. The van der Waals surface area contributed by atoms with E-state index in [1.165, 1.54) is 0 Å². The third-order valence-corrected chi connectivity index (χ3v) is 4.36. The van der Waals surface area contributed by atoms with Crippen molar-refractivity contribution in [1.82, 2.24) is 15.5 Å². The number of nitrogens with one attached hydrogen (secondary N) is 2. The Labute approximate surface area is 193 Å². The number of rotatable bonds is 10. The van der Waals surface area contributed by atoms with E-state index < -0.39 is 0 Å². The van der Waals surface area contributed by atoms with E-state index in [1.807, 2.05) is 39.0 Å². The predicted molar refractivity (Wildman–Crippen MR) is 124 cm³/mol. The van der Waals surface area contributed by atoms with Gasteiger partial charge in [0.25, 0.3) is 5.91 Å². The molecule has 0 aromatic heterocycles. The first-order valence-corrected chi connectivity index (χ1v) is 9.99. The van der Waals surface area contributed by atoms with Crippen LogP contribution in [0.2, 0.25) is 0 Å². The van der Waals surface area contributed by atoms with Crippen LogP contribution in [0.4, 0.5) is 0 Å². The Balaban J connectivity index is 0.00000420. The normalized spacial score (nSPS) is 14.3. The van der Waals surface area contributed by atoms with E-state index in [2.05, 4.69) is 15.5 Å². The van der Waals surface area contributed by atoms with Gasteiger partial charge >= 0.3 is 0 Å². The Bertz CT molecular complexity index is 621. The average Bonchev–Trinajstić information content (AvgIpc) is 2.66. The zero-order valence-electron chi connectivity index (χ0n) is 18.5. The van der Waals surface area contributed by atoms with Crippen LogP contribution in [0, 0.1) is 0 Å². The van der Waals surface area contributed by atoms with Gasteiger partial charge in [0.05, 0.1) is 20.3 Å². The van der Waals surface area contributed by atoms with Gasteiger partial charge in [-0.2, -0.15) is 0 Å². The summed E-state index contributed by atoms with van der Waals surface area (Å²) >= 11 is 0. The van der Waals surface area contributed by atoms with E-state index in [0.717, 1.165) is 57.9 Å². The summed E-state index contributed by atoms with van der Waals surface area (Å²) in [6, 6.07) is 5.80. The molecule has 1 fully saturated rings. The molecule has 0 bridgehead atoms. The first-order valence-electron chi connectivity index (χ1n) is 9.99. The number of carbonyl (C=O) groups excluding carboxylic acids is 1. The molecule has 1 amide bonds. The molecular formula is C21H37Cl2N3O4. The Morgan fingerprint density at radius 1 is 1.17 bits per heavy atom. The molecule has 1 aliphatic rings. The fourth-order valence-electron chi connectivity index (χ4n) is 3.02. The second-order valence-electron chi connectivity index (χ2n) is 8.06. The molecule has 30 heavy (non-hydrogen) atoms. The van der Waals surface area contributed by atoms with Crippen molar-refractivity contribution < 1.29 is 19.0 Å². The van der Waals surface area contributed by atoms with Crippen LogP contribution >= 0.6 is 24.8 Å². The van der Waals surface area contributed by atoms with E-state index in [0.29, 0.717) is 11.5 Å². The van der Waals surface area contributed by atoms with Crippen LogP contribution in [0.1, 0.15) is 32.8 Å².